The van der Waals surface area contributed by atoms with Crippen molar-refractivity contribution in [2.24, 2.45) is 0 Å². The molecule has 2 aromatic rings. The Morgan fingerprint density at radius 3 is 2.95 bits per heavy atom. The number of hydrogen-bond donors (Lipinski definition) is 0. The average molecular weight is 287 g/mol. The Bertz CT molecular complexity index is 729. The third-order valence-electron chi connectivity index (χ3n) is 3.89. The summed E-state index contributed by atoms with van der Waals surface area (Å²) < 4.78 is 12.5. The molecule has 0 amide bonds. The fourth-order valence-electron chi connectivity index (χ4n) is 2.80. The zero-order valence-electron chi connectivity index (χ0n) is 11.9. The summed E-state index contributed by atoms with van der Waals surface area (Å²) in [4.78, 5) is 23.5. The Balaban J connectivity index is 2.18. The van der Waals surface area contributed by atoms with Crippen molar-refractivity contribution >= 4 is 17.2 Å². The molecule has 0 radical (unpaired) electrons. The van der Waals surface area contributed by atoms with Crippen LogP contribution in [0.4, 0.5) is 0 Å². The number of pyridine rings is 1. The third kappa shape index (κ3) is 2.56. The molecule has 0 aliphatic carbocycles. The van der Waals surface area contributed by atoms with Crippen molar-refractivity contribution in [2.75, 3.05) is 13.7 Å². The normalized spacial score (nSPS) is 18.0. The maximum atomic E-state index is 12.2. The molecular formula is C16H17NO4. The summed E-state index contributed by atoms with van der Waals surface area (Å²) in [5.74, 6) is 0.566. The highest BCUT2D eigenvalue weighted by atomic mass is 16.5. The lowest BCUT2D eigenvalue weighted by molar-refractivity contribution is 0.0972. The molecule has 1 aromatic carbocycles. The van der Waals surface area contributed by atoms with Crippen molar-refractivity contribution in [1.82, 2.24) is 4.57 Å². The van der Waals surface area contributed by atoms with Gasteiger partial charge < -0.3 is 14.0 Å². The predicted octanol–water partition coefficient (Wildman–Crippen LogP) is 2.00. The second-order valence-corrected chi connectivity index (χ2v) is 5.18. The minimum atomic E-state index is -0.0943. The summed E-state index contributed by atoms with van der Waals surface area (Å²) in [5, 5.41) is 0.753. The molecule has 110 valence electrons. The number of hydrogen-bond acceptors (Lipinski definition) is 4. The number of ether oxygens (including phenoxy) is 2. The van der Waals surface area contributed by atoms with E-state index in [2.05, 4.69) is 0 Å². The molecule has 3 rings (SSSR count). The Morgan fingerprint density at radius 2 is 2.29 bits per heavy atom. The van der Waals surface area contributed by atoms with Crippen LogP contribution in [0.15, 0.2) is 29.1 Å². The summed E-state index contributed by atoms with van der Waals surface area (Å²) in [7, 11) is 1.54. The van der Waals surface area contributed by atoms with Crippen LogP contribution in [0.5, 0.6) is 5.75 Å². The molecule has 1 saturated heterocycles. The number of nitrogens with zero attached hydrogens (tertiary/aromatic N) is 1. The summed E-state index contributed by atoms with van der Waals surface area (Å²) in [6, 6.07) is 6.65. The molecule has 1 atom stereocenters. The van der Waals surface area contributed by atoms with Gasteiger partial charge in [0.15, 0.2) is 6.29 Å². The average Bonchev–Trinajstić information content (AvgIpc) is 3.02. The largest absolute Gasteiger partial charge is 0.497 e. The highest BCUT2D eigenvalue weighted by Crippen LogP contribution is 2.24. The van der Waals surface area contributed by atoms with Gasteiger partial charge in [-0.1, -0.05) is 0 Å². The van der Waals surface area contributed by atoms with Gasteiger partial charge >= 0.3 is 0 Å². The second-order valence-electron chi connectivity index (χ2n) is 5.18. The third-order valence-corrected chi connectivity index (χ3v) is 3.89. The lowest BCUT2D eigenvalue weighted by Gasteiger charge is -2.16. The van der Waals surface area contributed by atoms with Gasteiger partial charge in [0.25, 0.3) is 5.56 Å². The van der Waals surface area contributed by atoms with Crippen LogP contribution in [-0.4, -0.2) is 30.7 Å². The van der Waals surface area contributed by atoms with Crippen LogP contribution in [0.2, 0.25) is 0 Å². The van der Waals surface area contributed by atoms with Crippen molar-refractivity contribution in [1.29, 1.82) is 0 Å². The Labute approximate surface area is 122 Å². The second kappa shape index (κ2) is 5.69. The number of aromatic nitrogens is 1. The highest BCUT2D eigenvalue weighted by Gasteiger charge is 2.18. The lowest BCUT2D eigenvalue weighted by Crippen LogP contribution is -2.26. The van der Waals surface area contributed by atoms with Crippen molar-refractivity contribution in [3.05, 3.63) is 40.2 Å². The molecule has 1 aliphatic rings. The first-order valence-corrected chi connectivity index (χ1v) is 7.01. The Morgan fingerprint density at radius 1 is 1.43 bits per heavy atom. The van der Waals surface area contributed by atoms with E-state index in [9.17, 15) is 9.59 Å². The number of aldehydes is 1. The van der Waals surface area contributed by atoms with Crippen molar-refractivity contribution < 1.29 is 14.3 Å². The summed E-state index contributed by atoms with van der Waals surface area (Å²) in [6.45, 7) is 1.24. The highest BCUT2D eigenvalue weighted by molar-refractivity contribution is 5.97. The van der Waals surface area contributed by atoms with Crippen LogP contribution in [0, 0.1) is 0 Å². The van der Waals surface area contributed by atoms with Crippen molar-refractivity contribution in [2.45, 2.75) is 25.5 Å². The minimum absolute atomic E-state index is 0.0548. The summed E-state index contributed by atoms with van der Waals surface area (Å²) in [5.41, 5.74) is 1.13. The van der Waals surface area contributed by atoms with E-state index < -0.39 is 0 Å². The van der Waals surface area contributed by atoms with Crippen LogP contribution in [0.3, 0.4) is 0 Å². The van der Waals surface area contributed by atoms with Crippen LogP contribution < -0.4 is 10.3 Å². The zero-order chi connectivity index (χ0) is 14.8. The van der Waals surface area contributed by atoms with E-state index in [1.807, 2.05) is 0 Å². The predicted molar refractivity (Wildman–Crippen MR) is 79.1 cm³/mol. The molecule has 2 heterocycles. The number of carbonyl (C=O) groups is 1. The lowest BCUT2D eigenvalue weighted by atomic mass is 10.1. The van der Waals surface area contributed by atoms with Gasteiger partial charge in [0, 0.05) is 29.7 Å². The van der Waals surface area contributed by atoms with Gasteiger partial charge in [-0.05, 0) is 25.0 Å². The maximum Gasteiger partial charge on any atom is 0.251 e. The zero-order valence-corrected chi connectivity index (χ0v) is 11.9. The molecule has 1 aliphatic heterocycles. The molecule has 5 heteroatoms. The molecule has 21 heavy (non-hydrogen) atoms. The molecule has 0 saturated carbocycles. The first-order chi connectivity index (χ1) is 10.2. The summed E-state index contributed by atoms with van der Waals surface area (Å²) in [6.07, 6.45) is 2.81. The maximum absolute atomic E-state index is 12.2. The Kier molecular flexibility index (Phi) is 3.75. The first kappa shape index (κ1) is 13.8. The number of benzene rings is 1. The quantitative estimate of drug-likeness (QED) is 0.807. The molecule has 0 bridgehead atoms. The van der Waals surface area contributed by atoms with Crippen molar-refractivity contribution in [3.8, 4) is 5.75 Å². The van der Waals surface area contributed by atoms with Crippen molar-refractivity contribution in [3.63, 3.8) is 0 Å². The fourth-order valence-corrected chi connectivity index (χ4v) is 2.80. The van der Waals surface area contributed by atoms with Gasteiger partial charge in [-0.25, -0.2) is 0 Å². The van der Waals surface area contributed by atoms with Gasteiger partial charge in [0.2, 0.25) is 0 Å². The van der Waals surface area contributed by atoms with Crippen LogP contribution >= 0.6 is 0 Å². The van der Waals surface area contributed by atoms with Gasteiger partial charge in [0.05, 0.1) is 25.3 Å². The molecule has 0 N–H and O–H groups in total. The topological polar surface area (TPSA) is 57.5 Å². The number of carbonyl (C=O) groups excluding carboxylic acids is 1. The van der Waals surface area contributed by atoms with E-state index >= 15 is 0 Å². The number of methoxy groups -OCH3 is 1. The number of rotatable bonds is 4. The van der Waals surface area contributed by atoms with Gasteiger partial charge in [-0.15, -0.1) is 0 Å². The molecule has 1 aromatic heterocycles. The molecule has 5 nitrogen and oxygen atoms in total. The van der Waals surface area contributed by atoms with E-state index in [1.54, 1.807) is 29.9 Å². The molecule has 1 unspecified atom stereocenters. The van der Waals surface area contributed by atoms with Gasteiger partial charge in [-0.2, -0.15) is 0 Å². The Hall–Kier alpha value is -2.14. The fraction of sp³-hybridized carbons (Fsp3) is 0.375. The van der Waals surface area contributed by atoms with E-state index in [-0.39, 0.29) is 11.7 Å². The number of fused-ring (bicyclic) bond motifs is 1. The van der Waals surface area contributed by atoms with Gasteiger partial charge in [-0.3, -0.25) is 9.59 Å². The summed E-state index contributed by atoms with van der Waals surface area (Å²) >= 11 is 0. The van der Waals surface area contributed by atoms with Crippen LogP contribution in [0.25, 0.3) is 10.9 Å². The molecule has 1 fully saturated rings. The van der Waals surface area contributed by atoms with E-state index in [0.717, 1.165) is 31.1 Å². The van der Waals surface area contributed by atoms with Gasteiger partial charge in [0.1, 0.15) is 5.75 Å². The van der Waals surface area contributed by atoms with E-state index in [0.29, 0.717) is 23.4 Å². The monoisotopic (exact) mass is 287 g/mol. The molecular weight excluding hydrogens is 270 g/mol. The van der Waals surface area contributed by atoms with Crippen LogP contribution in [0.1, 0.15) is 23.2 Å². The first-order valence-electron chi connectivity index (χ1n) is 7.01. The smallest absolute Gasteiger partial charge is 0.251 e. The van der Waals surface area contributed by atoms with E-state index in [1.165, 1.54) is 6.07 Å². The van der Waals surface area contributed by atoms with E-state index in [4.69, 9.17) is 9.47 Å². The minimum Gasteiger partial charge on any atom is -0.497 e. The molecule has 0 spiro atoms. The van der Waals surface area contributed by atoms with Crippen LogP contribution in [-0.2, 0) is 11.3 Å². The standard InChI is InChI=1S/C16H17NO4/c1-20-13-7-11(10-18)14-4-5-16(19)17(15(14)8-13)9-12-3-2-6-21-12/h4-5,7-8,10,12H,2-3,6,9H2,1H3. The SMILES string of the molecule is COc1cc(C=O)c2ccc(=O)n(CC3CCCO3)c2c1.